The quantitative estimate of drug-likeness (QED) is 0.353. The van der Waals surface area contributed by atoms with Crippen LogP contribution in [-0.4, -0.2) is 48.2 Å². The van der Waals surface area contributed by atoms with Gasteiger partial charge in [0.2, 0.25) is 0 Å². The van der Waals surface area contributed by atoms with Crippen molar-refractivity contribution in [3.8, 4) is 11.1 Å². The molecule has 8 heteroatoms. The van der Waals surface area contributed by atoms with E-state index in [0.29, 0.717) is 16.6 Å². The minimum absolute atomic E-state index is 0.0440. The number of ketones is 1. The summed E-state index contributed by atoms with van der Waals surface area (Å²) in [6.07, 6.45) is 3.20. The van der Waals surface area contributed by atoms with Gasteiger partial charge in [0.25, 0.3) is 10.0 Å². The van der Waals surface area contributed by atoms with Gasteiger partial charge in [-0.15, -0.1) is 0 Å². The molecule has 0 saturated carbocycles. The number of aryl methyl sites for hydroxylation is 1. The topological polar surface area (TPSA) is 72.3 Å². The summed E-state index contributed by atoms with van der Waals surface area (Å²) in [5.74, 6) is 0.191. The number of likely N-dealkylation sites (tertiary alicyclic amines) is 1. The van der Waals surface area contributed by atoms with Gasteiger partial charge < -0.3 is 4.90 Å². The molecule has 0 N–H and O–H groups in total. The fraction of sp³-hybridized carbons (Fsp3) is 0.200. The smallest absolute Gasteiger partial charge is 0.269 e. The maximum Gasteiger partial charge on any atom is 0.269 e. The molecule has 2 aromatic carbocycles. The number of halogens is 1. The van der Waals surface area contributed by atoms with Crippen molar-refractivity contribution >= 4 is 42.8 Å². The third-order valence-electron chi connectivity index (χ3n) is 6.07. The fourth-order valence-electron chi connectivity index (χ4n) is 4.21. The Morgan fingerprint density at radius 2 is 1.73 bits per heavy atom. The zero-order valence-corrected chi connectivity index (χ0v) is 20.6. The summed E-state index contributed by atoms with van der Waals surface area (Å²) in [4.78, 5) is 19.4. The lowest BCUT2D eigenvalue weighted by atomic mass is 9.90. The Bertz CT molecular complexity index is 1470. The van der Waals surface area contributed by atoms with Crippen molar-refractivity contribution in [1.29, 1.82) is 0 Å². The minimum atomic E-state index is -3.84. The van der Waals surface area contributed by atoms with Crippen LogP contribution >= 0.6 is 15.9 Å². The summed E-state index contributed by atoms with van der Waals surface area (Å²) in [7, 11) is -1.84. The lowest BCUT2D eigenvalue weighted by molar-refractivity contribution is 0.0702. The monoisotopic (exact) mass is 523 g/mol. The second-order valence-electron chi connectivity index (χ2n) is 8.54. The van der Waals surface area contributed by atoms with Crippen molar-refractivity contribution in [1.82, 2.24) is 13.9 Å². The molecule has 0 atom stereocenters. The summed E-state index contributed by atoms with van der Waals surface area (Å²) in [5, 5.41) is 0.708. The van der Waals surface area contributed by atoms with E-state index >= 15 is 0 Å². The Hall–Kier alpha value is -2.81. The first-order valence-electron chi connectivity index (χ1n) is 10.6. The molecule has 168 valence electrons. The standard InChI is InChI=1S/C25H22BrN3O3S/c1-16-3-9-21(10-4-16)33(31,32)29-15-23(22-11-20(26)12-27-25(22)29)17-5-7-18(8-6-17)24(30)19-13-28(2)14-19/h3-12,15,19H,13-14H2,1-2H3. The number of Topliss-reactive ketones (excluding diaryl/α,β-unsaturated/α-hetero) is 1. The molecule has 33 heavy (non-hydrogen) atoms. The van der Waals surface area contributed by atoms with Gasteiger partial charge in [-0.05, 0) is 53.7 Å². The molecule has 0 unspecified atom stereocenters. The van der Waals surface area contributed by atoms with Gasteiger partial charge in [0, 0.05) is 52.4 Å². The van der Waals surface area contributed by atoms with Gasteiger partial charge in [-0.25, -0.2) is 17.4 Å². The van der Waals surface area contributed by atoms with E-state index in [1.807, 2.05) is 44.3 Å². The van der Waals surface area contributed by atoms with Crippen LogP contribution in [0, 0.1) is 12.8 Å². The lowest BCUT2D eigenvalue weighted by Gasteiger charge is -2.34. The van der Waals surface area contributed by atoms with Gasteiger partial charge in [0.15, 0.2) is 11.4 Å². The first kappa shape index (κ1) is 22.0. The third-order valence-corrected chi connectivity index (χ3v) is 8.17. The van der Waals surface area contributed by atoms with Gasteiger partial charge in [-0.3, -0.25) is 4.79 Å². The van der Waals surface area contributed by atoms with Crippen molar-refractivity contribution in [2.45, 2.75) is 11.8 Å². The van der Waals surface area contributed by atoms with Gasteiger partial charge >= 0.3 is 0 Å². The molecule has 0 amide bonds. The number of fused-ring (bicyclic) bond motifs is 1. The number of carbonyl (C=O) groups excluding carboxylic acids is 1. The van der Waals surface area contributed by atoms with Crippen LogP contribution in [0.15, 0.2) is 76.4 Å². The van der Waals surface area contributed by atoms with Gasteiger partial charge in [0.05, 0.1) is 4.90 Å². The summed E-state index contributed by atoms with van der Waals surface area (Å²) in [6.45, 7) is 3.48. The highest BCUT2D eigenvalue weighted by molar-refractivity contribution is 9.10. The van der Waals surface area contributed by atoms with E-state index in [1.54, 1.807) is 36.7 Å². The molecule has 0 radical (unpaired) electrons. The van der Waals surface area contributed by atoms with E-state index in [4.69, 9.17) is 0 Å². The lowest BCUT2D eigenvalue weighted by Crippen LogP contribution is -2.47. The molecule has 6 nitrogen and oxygen atoms in total. The maximum absolute atomic E-state index is 13.4. The average Bonchev–Trinajstić information content (AvgIpc) is 3.16. The highest BCUT2D eigenvalue weighted by Gasteiger charge is 2.30. The van der Waals surface area contributed by atoms with Crippen LogP contribution in [0.2, 0.25) is 0 Å². The van der Waals surface area contributed by atoms with E-state index in [9.17, 15) is 13.2 Å². The molecule has 4 aromatic rings. The van der Waals surface area contributed by atoms with Crippen LogP contribution < -0.4 is 0 Å². The summed E-state index contributed by atoms with van der Waals surface area (Å²) >= 11 is 3.45. The molecule has 1 aliphatic heterocycles. The fourth-order valence-corrected chi connectivity index (χ4v) is 5.86. The molecule has 0 aliphatic carbocycles. The van der Waals surface area contributed by atoms with Crippen LogP contribution in [0.4, 0.5) is 0 Å². The van der Waals surface area contributed by atoms with E-state index in [2.05, 4.69) is 25.8 Å². The normalized spacial score (nSPS) is 15.0. The van der Waals surface area contributed by atoms with Crippen molar-refractivity contribution < 1.29 is 13.2 Å². The number of carbonyl (C=O) groups is 1. The minimum Gasteiger partial charge on any atom is -0.305 e. The van der Waals surface area contributed by atoms with Crippen molar-refractivity contribution in [2.24, 2.45) is 5.92 Å². The molecule has 3 heterocycles. The number of rotatable bonds is 5. The number of benzene rings is 2. The highest BCUT2D eigenvalue weighted by atomic mass is 79.9. The van der Waals surface area contributed by atoms with Crippen LogP contribution in [0.3, 0.4) is 0 Å². The van der Waals surface area contributed by atoms with Crippen molar-refractivity contribution in [3.63, 3.8) is 0 Å². The maximum atomic E-state index is 13.4. The molecule has 1 fully saturated rings. The molecule has 5 rings (SSSR count). The number of nitrogens with zero attached hydrogens (tertiary/aromatic N) is 3. The number of hydrogen-bond donors (Lipinski definition) is 0. The Balaban J connectivity index is 1.59. The van der Waals surface area contributed by atoms with Crippen molar-refractivity contribution in [2.75, 3.05) is 20.1 Å². The molecular formula is C25H22BrN3O3S. The van der Waals surface area contributed by atoms with Crippen LogP contribution in [0.25, 0.3) is 22.2 Å². The van der Waals surface area contributed by atoms with Crippen LogP contribution in [0.5, 0.6) is 0 Å². The predicted octanol–water partition coefficient (Wildman–Crippen LogP) is 4.76. The van der Waals surface area contributed by atoms with Gasteiger partial charge in [0.1, 0.15) is 0 Å². The zero-order chi connectivity index (χ0) is 23.3. The largest absolute Gasteiger partial charge is 0.305 e. The molecule has 1 aliphatic rings. The summed E-state index contributed by atoms with van der Waals surface area (Å²) in [6, 6.07) is 16.0. The van der Waals surface area contributed by atoms with E-state index < -0.39 is 10.0 Å². The van der Waals surface area contributed by atoms with Gasteiger partial charge in [-0.2, -0.15) is 0 Å². The van der Waals surface area contributed by atoms with Crippen molar-refractivity contribution in [3.05, 3.63) is 82.6 Å². The zero-order valence-electron chi connectivity index (χ0n) is 18.2. The highest BCUT2D eigenvalue weighted by Crippen LogP contribution is 2.34. The Kier molecular flexibility index (Phi) is 5.47. The molecule has 2 aromatic heterocycles. The van der Waals surface area contributed by atoms with Crippen LogP contribution in [0.1, 0.15) is 15.9 Å². The van der Waals surface area contributed by atoms with E-state index in [-0.39, 0.29) is 16.6 Å². The first-order chi connectivity index (χ1) is 15.7. The number of aromatic nitrogens is 2. The van der Waals surface area contributed by atoms with E-state index in [1.165, 1.54) is 3.97 Å². The number of pyridine rings is 1. The third kappa shape index (κ3) is 3.92. The molecular weight excluding hydrogens is 502 g/mol. The van der Waals surface area contributed by atoms with Crippen LogP contribution in [-0.2, 0) is 10.0 Å². The Morgan fingerprint density at radius 3 is 2.36 bits per heavy atom. The van der Waals surface area contributed by atoms with Gasteiger partial charge in [-0.1, -0.05) is 42.0 Å². The molecule has 1 saturated heterocycles. The SMILES string of the molecule is Cc1ccc(S(=O)(=O)n2cc(-c3ccc(C(=O)C4CN(C)C4)cc3)c3cc(Br)cnc32)cc1. The van der Waals surface area contributed by atoms with E-state index in [0.717, 1.165) is 34.3 Å². The molecule has 0 spiro atoms. The second kappa shape index (κ2) is 8.20. The second-order valence-corrected chi connectivity index (χ2v) is 11.3. The summed E-state index contributed by atoms with van der Waals surface area (Å²) in [5.41, 5.74) is 3.56. The summed E-state index contributed by atoms with van der Waals surface area (Å²) < 4.78 is 28.9. The average molecular weight is 524 g/mol. The predicted molar refractivity (Wildman–Crippen MR) is 132 cm³/mol. The first-order valence-corrected chi connectivity index (χ1v) is 12.8. The Labute approximate surface area is 201 Å². The number of hydrogen-bond acceptors (Lipinski definition) is 5. The Morgan fingerprint density at radius 1 is 1.06 bits per heavy atom. The molecule has 0 bridgehead atoms.